The van der Waals surface area contributed by atoms with Crippen LogP contribution in [0.2, 0.25) is 0 Å². The molecule has 0 unspecified atom stereocenters. The minimum atomic E-state index is -2.87. The van der Waals surface area contributed by atoms with Gasteiger partial charge < -0.3 is 11.5 Å². The van der Waals surface area contributed by atoms with Crippen LogP contribution in [0.1, 0.15) is 17.6 Å². The molecule has 0 amide bonds. The maximum absolute atomic E-state index is 12.4. The largest absolute Gasteiger partial charge is 0.378 e. The molecule has 1 rings (SSSR count). The summed E-state index contributed by atoms with van der Waals surface area (Å²) in [6.45, 7) is -0.386. The molecule has 0 radical (unpaired) electrons. The molecule has 0 bridgehead atoms. The average molecular weight is 218 g/mol. The summed E-state index contributed by atoms with van der Waals surface area (Å²) in [7, 11) is 0. The van der Waals surface area contributed by atoms with Crippen LogP contribution in [0.25, 0.3) is 0 Å². The summed E-state index contributed by atoms with van der Waals surface area (Å²) in [5, 5.41) is 10.6. The van der Waals surface area contributed by atoms with E-state index in [2.05, 4.69) is 4.98 Å². The summed E-state index contributed by atoms with van der Waals surface area (Å²) < 4.78 is 24.9. The van der Waals surface area contributed by atoms with E-state index in [1.807, 2.05) is 0 Å². The number of nitrogen functional groups attached to an aromatic ring is 1. The zero-order chi connectivity index (χ0) is 11.6. The number of hydrogen-bond acceptors (Lipinski definition) is 5. The molecular weight excluding hydrogens is 210 g/mol. The number of nitro groups is 1. The highest BCUT2D eigenvalue weighted by Gasteiger charge is 2.25. The van der Waals surface area contributed by atoms with Gasteiger partial charge in [0, 0.05) is 18.3 Å². The van der Waals surface area contributed by atoms with Crippen LogP contribution in [-0.2, 0) is 6.54 Å². The van der Waals surface area contributed by atoms with Gasteiger partial charge in [-0.25, -0.2) is 13.8 Å². The van der Waals surface area contributed by atoms with E-state index >= 15 is 0 Å². The zero-order valence-corrected chi connectivity index (χ0v) is 7.48. The third kappa shape index (κ3) is 1.99. The molecule has 0 aromatic carbocycles. The molecule has 1 aromatic heterocycles. The zero-order valence-electron chi connectivity index (χ0n) is 7.48. The van der Waals surface area contributed by atoms with E-state index in [9.17, 15) is 18.9 Å². The predicted molar refractivity (Wildman–Crippen MR) is 48.2 cm³/mol. The predicted octanol–water partition coefficient (Wildman–Crippen LogP) is 0.968. The highest BCUT2D eigenvalue weighted by Crippen LogP contribution is 2.31. The summed E-state index contributed by atoms with van der Waals surface area (Å²) in [6, 6.07) is 0. The number of aromatic nitrogens is 1. The second kappa shape index (κ2) is 4.13. The van der Waals surface area contributed by atoms with Crippen LogP contribution < -0.4 is 11.5 Å². The Morgan fingerprint density at radius 3 is 2.60 bits per heavy atom. The molecule has 0 atom stereocenters. The number of hydrogen-bond donors (Lipinski definition) is 2. The molecule has 1 heterocycles. The summed E-state index contributed by atoms with van der Waals surface area (Å²) in [6.07, 6.45) is -2.06. The van der Waals surface area contributed by atoms with Crippen molar-refractivity contribution in [1.29, 1.82) is 0 Å². The molecule has 0 aliphatic rings. The van der Waals surface area contributed by atoms with Crippen LogP contribution in [0.4, 0.5) is 20.3 Å². The summed E-state index contributed by atoms with van der Waals surface area (Å²) in [4.78, 5) is 13.0. The third-order valence-corrected chi connectivity index (χ3v) is 1.84. The molecule has 0 spiro atoms. The van der Waals surface area contributed by atoms with Gasteiger partial charge in [0.1, 0.15) is 0 Å². The molecule has 0 saturated heterocycles. The second-order valence-electron chi connectivity index (χ2n) is 2.69. The van der Waals surface area contributed by atoms with Crippen LogP contribution in [0.3, 0.4) is 0 Å². The lowest BCUT2D eigenvalue weighted by molar-refractivity contribution is -0.385. The van der Waals surface area contributed by atoms with Gasteiger partial charge in [-0.1, -0.05) is 0 Å². The fourth-order valence-electron chi connectivity index (χ4n) is 1.18. The third-order valence-electron chi connectivity index (χ3n) is 1.84. The topological polar surface area (TPSA) is 108 Å². The first-order valence-electron chi connectivity index (χ1n) is 3.88. The van der Waals surface area contributed by atoms with Crippen molar-refractivity contribution in [2.45, 2.75) is 13.0 Å². The SMILES string of the molecule is NCc1c(C(F)F)cnc(N)c1[N+](=O)[O-]. The molecule has 15 heavy (non-hydrogen) atoms. The van der Waals surface area contributed by atoms with Gasteiger partial charge in [0.25, 0.3) is 6.43 Å². The monoisotopic (exact) mass is 218 g/mol. The van der Waals surface area contributed by atoms with E-state index in [4.69, 9.17) is 11.5 Å². The van der Waals surface area contributed by atoms with Crippen LogP contribution in [0.5, 0.6) is 0 Å². The molecule has 1 aromatic rings. The Balaban J connectivity index is 3.47. The van der Waals surface area contributed by atoms with Gasteiger partial charge in [0.05, 0.1) is 10.5 Å². The summed E-state index contributed by atoms with van der Waals surface area (Å²) in [5.74, 6) is -0.412. The van der Waals surface area contributed by atoms with E-state index in [-0.39, 0.29) is 12.1 Å². The number of nitrogens with zero attached hydrogens (tertiary/aromatic N) is 2. The quantitative estimate of drug-likeness (QED) is 0.580. The van der Waals surface area contributed by atoms with E-state index in [0.717, 1.165) is 6.20 Å². The standard InChI is InChI=1S/C7H8F2N4O2/c8-6(9)4-2-12-7(11)5(13(14)15)3(4)1-10/h2,6H,1,10H2,(H2,11,12). The maximum Gasteiger partial charge on any atom is 0.316 e. The normalized spacial score (nSPS) is 10.7. The maximum atomic E-state index is 12.4. The molecular formula is C7H8F2N4O2. The van der Waals surface area contributed by atoms with Gasteiger partial charge in [-0.3, -0.25) is 10.1 Å². The van der Waals surface area contributed by atoms with Crippen LogP contribution in [0, 0.1) is 10.1 Å². The van der Waals surface area contributed by atoms with Crippen molar-refractivity contribution in [2.75, 3.05) is 5.73 Å². The number of pyridine rings is 1. The molecule has 4 N–H and O–H groups in total. The summed E-state index contributed by atoms with van der Waals surface area (Å²) >= 11 is 0. The number of alkyl halides is 2. The molecule has 0 aliphatic carbocycles. The lowest BCUT2D eigenvalue weighted by atomic mass is 10.1. The van der Waals surface area contributed by atoms with Gasteiger partial charge in [-0.2, -0.15) is 0 Å². The number of halogens is 2. The van der Waals surface area contributed by atoms with E-state index in [0.29, 0.717) is 0 Å². The first-order chi connectivity index (χ1) is 6.99. The van der Waals surface area contributed by atoms with E-state index < -0.39 is 28.4 Å². The van der Waals surface area contributed by atoms with Crippen molar-refractivity contribution in [3.63, 3.8) is 0 Å². The molecule has 0 saturated carbocycles. The fraction of sp³-hybridized carbons (Fsp3) is 0.286. The average Bonchev–Trinajstić information content (AvgIpc) is 2.15. The van der Waals surface area contributed by atoms with Gasteiger partial charge >= 0.3 is 5.69 Å². The van der Waals surface area contributed by atoms with Crippen LogP contribution >= 0.6 is 0 Å². The van der Waals surface area contributed by atoms with Crippen molar-refractivity contribution in [1.82, 2.24) is 4.98 Å². The lowest BCUT2D eigenvalue weighted by Gasteiger charge is -2.07. The fourth-order valence-corrected chi connectivity index (χ4v) is 1.18. The Bertz CT molecular complexity index is 397. The number of rotatable bonds is 3. The number of anilines is 1. The van der Waals surface area contributed by atoms with Gasteiger partial charge in [0.15, 0.2) is 0 Å². The Kier molecular flexibility index (Phi) is 3.10. The first-order valence-corrected chi connectivity index (χ1v) is 3.88. The molecule has 8 heteroatoms. The van der Waals surface area contributed by atoms with E-state index in [1.54, 1.807) is 0 Å². The van der Waals surface area contributed by atoms with Crippen molar-refractivity contribution in [3.8, 4) is 0 Å². The number of nitrogens with two attached hydrogens (primary N) is 2. The first kappa shape index (κ1) is 11.2. The highest BCUT2D eigenvalue weighted by atomic mass is 19.3. The van der Waals surface area contributed by atoms with Crippen molar-refractivity contribution >= 4 is 11.5 Å². The second-order valence-corrected chi connectivity index (χ2v) is 2.69. The van der Waals surface area contributed by atoms with Crippen molar-refractivity contribution < 1.29 is 13.7 Å². The minimum absolute atomic E-state index is 0.275. The Labute approximate surface area is 83.0 Å². The summed E-state index contributed by atoms with van der Waals surface area (Å²) in [5.41, 5.74) is 8.91. The van der Waals surface area contributed by atoms with Gasteiger partial charge in [-0.05, 0) is 0 Å². The molecule has 0 fully saturated rings. The van der Waals surface area contributed by atoms with Crippen molar-refractivity contribution in [2.24, 2.45) is 5.73 Å². The molecule has 0 aliphatic heterocycles. The Morgan fingerprint density at radius 1 is 1.60 bits per heavy atom. The highest BCUT2D eigenvalue weighted by molar-refractivity contribution is 5.59. The van der Waals surface area contributed by atoms with Crippen molar-refractivity contribution in [3.05, 3.63) is 27.4 Å². The minimum Gasteiger partial charge on any atom is -0.378 e. The Morgan fingerprint density at radius 2 is 2.20 bits per heavy atom. The molecule has 82 valence electrons. The van der Waals surface area contributed by atoms with Gasteiger partial charge in [-0.15, -0.1) is 0 Å². The van der Waals surface area contributed by atoms with Crippen LogP contribution in [0.15, 0.2) is 6.20 Å². The molecule has 6 nitrogen and oxygen atoms in total. The van der Waals surface area contributed by atoms with Crippen LogP contribution in [-0.4, -0.2) is 9.91 Å². The lowest BCUT2D eigenvalue weighted by Crippen LogP contribution is -2.10. The van der Waals surface area contributed by atoms with Gasteiger partial charge in [0.2, 0.25) is 5.82 Å². The Hall–Kier alpha value is -1.83. The smallest absolute Gasteiger partial charge is 0.316 e. The van der Waals surface area contributed by atoms with E-state index in [1.165, 1.54) is 0 Å².